The highest BCUT2D eigenvalue weighted by molar-refractivity contribution is 8.26. The number of thioether (sulfide) groups is 1. The normalized spacial score (nSPS) is 18.0. The third kappa shape index (κ3) is 3.20. The highest BCUT2D eigenvalue weighted by atomic mass is 32.2. The molecule has 0 spiro atoms. The summed E-state index contributed by atoms with van der Waals surface area (Å²) in [5, 5.41) is 9.21. The molecule has 22 heavy (non-hydrogen) atoms. The van der Waals surface area contributed by atoms with Gasteiger partial charge in [-0.2, -0.15) is 0 Å². The van der Waals surface area contributed by atoms with Crippen LogP contribution in [-0.2, 0) is 21.4 Å². The Bertz CT molecular complexity index is 695. The van der Waals surface area contributed by atoms with E-state index < -0.39 is 30.2 Å². The third-order valence-electron chi connectivity index (χ3n) is 3.08. The van der Waals surface area contributed by atoms with Crippen LogP contribution in [-0.4, -0.2) is 42.7 Å². The second-order valence-electron chi connectivity index (χ2n) is 4.62. The molecule has 3 N–H and O–H groups in total. The number of carboxylic acid groups (broad SMARTS) is 1. The number of nitrogens with zero attached hydrogens (tertiary/aromatic N) is 2. The number of hydrogen-bond acceptors (Lipinski definition) is 5. The van der Waals surface area contributed by atoms with Crippen molar-refractivity contribution in [1.29, 1.82) is 0 Å². The van der Waals surface area contributed by atoms with Gasteiger partial charge in [0.25, 0.3) is 5.91 Å². The number of carboxylic acids is 1. The Hall–Kier alpha value is -2.13. The molecule has 1 atom stereocenters. The van der Waals surface area contributed by atoms with E-state index in [2.05, 4.69) is 0 Å². The van der Waals surface area contributed by atoms with E-state index in [0.29, 0.717) is 4.91 Å². The number of carbonyl (C=O) groups is 3. The van der Waals surface area contributed by atoms with Crippen molar-refractivity contribution in [3.8, 4) is 0 Å². The first-order valence-electron chi connectivity index (χ1n) is 6.20. The van der Waals surface area contributed by atoms with Gasteiger partial charge in [0, 0.05) is 18.9 Å². The van der Waals surface area contributed by atoms with Crippen molar-refractivity contribution in [2.75, 3.05) is 0 Å². The Labute approximate surface area is 135 Å². The van der Waals surface area contributed by atoms with Gasteiger partial charge >= 0.3 is 5.97 Å². The molecule has 0 bridgehead atoms. The summed E-state index contributed by atoms with van der Waals surface area (Å²) in [6, 6.07) is 2.24. The summed E-state index contributed by atoms with van der Waals surface area (Å²) in [6.07, 6.45) is 2.96. The second-order valence-corrected chi connectivity index (χ2v) is 6.30. The molecule has 0 aromatic carbocycles. The smallest absolute Gasteiger partial charge is 0.327 e. The number of primary amides is 1. The number of hydrogen-bond donors (Lipinski definition) is 2. The number of amides is 2. The predicted octanol–water partition coefficient (Wildman–Crippen LogP) is 0.555. The first-order valence-corrected chi connectivity index (χ1v) is 7.43. The van der Waals surface area contributed by atoms with Crippen LogP contribution in [0.3, 0.4) is 0 Å². The Morgan fingerprint density at radius 2 is 2.23 bits per heavy atom. The minimum atomic E-state index is -1.38. The molecule has 2 heterocycles. The number of aryl methyl sites for hydroxylation is 1. The minimum Gasteiger partial charge on any atom is -0.480 e. The van der Waals surface area contributed by atoms with Gasteiger partial charge in [-0.25, -0.2) is 4.79 Å². The summed E-state index contributed by atoms with van der Waals surface area (Å²) in [4.78, 5) is 36.0. The van der Waals surface area contributed by atoms with E-state index in [0.717, 1.165) is 22.4 Å². The maximum absolute atomic E-state index is 12.4. The predicted molar refractivity (Wildman–Crippen MR) is 85.7 cm³/mol. The van der Waals surface area contributed by atoms with E-state index in [9.17, 15) is 19.5 Å². The van der Waals surface area contributed by atoms with E-state index in [1.54, 1.807) is 6.08 Å². The first kappa shape index (κ1) is 16.2. The van der Waals surface area contributed by atoms with Crippen molar-refractivity contribution in [2.45, 2.75) is 12.5 Å². The van der Waals surface area contributed by atoms with Crippen LogP contribution in [0.25, 0.3) is 6.08 Å². The molecule has 0 radical (unpaired) electrons. The van der Waals surface area contributed by atoms with E-state index in [1.807, 2.05) is 29.9 Å². The molecule has 9 heteroatoms. The van der Waals surface area contributed by atoms with Crippen LogP contribution >= 0.6 is 24.0 Å². The van der Waals surface area contributed by atoms with Crippen molar-refractivity contribution in [3.05, 3.63) is 28.9 Å². The SMILES string of the molecule is Cn1cccc1/C=C1/SC(=S)N(C(CC(N)=O)C(=O)O)C1=O. The number of nitrogens with two attached hydrogens (primary N) is 1. The summed E-state index contributed by atoms with van der Waals surface area (Å²) < 4.78 is 1.91. The Kier molecular flexibility index (Phi) is 4.67. The molecule has 1 unspecified atom stereocenters. The van der Waals surface area contributed by atoms with Gasteiger partial charge in [0.1, 0.15) is 10.4 Å². The number of aromatic nitrogens is 1. The summed E-state index contributed by atoms with van der Waals surface area (Å²) in [5.41, 5.74) is 5.83. The molecule has 7 nitrogen and oxygen atoms in total. The van der Waals surface area contributed by atoms with Gasteiger partial charge in [-0.1, -0.05) is 24.0 Å². The van der Waals surface area contributed by atoms with Gasteiger partial charge in [-0.15, -0.1) is 0 Å². The highest BCUT2D eigenvalue weighted by Crippen LogP contribution is 2.34. The van der Waals surface area contributed by atoms with Gasteiger partial charge in [0.05, 0.1) is 11.3 Å². The lowest BCUT2D eigenvalue weighted by Gasteiger charge is -2.21. The first-order chi connectivity index (χ1) is 10.3. The molecule has 1 fully saturated rings. The zero-order valence-corrected chi connectivity index (χ0v) is 13.2. The van der Waals surface area contributed by atoms with Crippen molar-refractivity contribution in [2.24, 2.45) is 12.8 Å². The van der Waals surface area contributed by atoms with Crippen molar-refractivity contribution >= 4 is 52.2 Å². The molecule has 1 aromatic heterocycles. The lowest BCUT2D eigenvalue weighted by Crippen LogP contribution is -2.46. The Morgan fingerprint density at radius 1 is 1.55 bits per heavy atom. The topological polar surface area (TPSA) is 106 Å². The van der Waals surface area contributed by atoms with Crippen LogP contribution in [0.15, 0.2) is 23.2 Å². The highest BCUT2D eigenvalue weighted by Gasteiger charge is 2.41. The van der Waals surface area contributed by atoms with Gasteiger partial charge in [-0.05, 0) is 18.2 Å². The molecule has 1 aliphatic heterocycles. The van der Waals surface area contributed by atoms with Crippen LogP contribution in [0.2, 0.25) is 0 Å². The Balaban J connectivity index is 2.32. The lowest BCUT2D eigenvalue weighted by molar-refractivity contribution is -0.146. The molecule has 1 saturated heterocycles. The van der Waals surface area contributed by atoms with Crippen molar-refractivity contribution < 1.29 is 19.5 Å². The molecule has 0 saturated carbocycles. The van der Waals surface area contributed by atoms with E-state index in [1.165, 1.54) is 0 Å². The minimum absolute atomic E-state index is 0.0964. The number of thiocarbonyl (C=S) groups is 1. The zero-order valence-electron chi connectivity index (χ0n) is 11.6. The monoisotopic (exact) mass is 339 g/mol. The fourth-order valence-corrected chi connectivity index (χ4v) is 3.33. The quantitative estimate of drug-likeness (QED) is 0.600. The number of rotatable bonds is 5. The van der Waals surface area contributed by atoms with Crippen LogP contribution in [0, 0.1) is 0 Å². The maximum atomic E-state index is 12.4. The molecule has 1 aromatic rings. The van der Waals surface area contributed by atoms with Gasteiger partial charge in [0.2, 0.25) is 5.91 Å². The molecule has 2 rings (SSSR count). The van der Waals surface area contributed by atoms with Gasteiger partial charge in [0.15, 0.2) is 0 Å². The lowest BCUT2D eigenvalue weighted by atomic mass is 10.1. The van der Waals surface area contributed by atoms with Crippen LogP contribution in [0.4, 0.5) is 0 Å². The van der Waals surface area contributed by atoms with Crippen molar-refractivity contribution in [3.63, 3.8) is 0 Å². The van der Waals surface area contributed by atoms with E-state index in [4.69, 9.17) is 18.0 Å². The van der Waals surface area contributed by atoms with Gasteiger partial charge in [-0.3, -0.25) is 14.5 Å². The summed E-state index contributed by atoms with van der Waals surface area (Å²) in [7, 11) is 1.82. The maximum Gasteiger partial charge on any atom is 0.327 e. The standard InChI is InChI=1S/C13H13N3O4S2/c1-15-4-2-3-7(15)5-9-11(18)16(13(21)22-9)8(12(19)20)6-10(14)17/h2-5,8H,6H2,1H3,(H2,14,17)(H,19,20)/b9-5+. The van der Waals surface area contributed by atoms with Crippen LogP contribution in [0.5, 0.6) is 0 Å². The Morgan fingerprint density at radius 3 is 2.73 bits per heavy atom. The molecule has 0 aliphatic carbocycles. The molecule has 2 amide bonds. The molecular formula is C13H13N3O4S2. The van der Waals surface area contributed by atoms with Gasteiger partial charge < -0.3 is 15.4 Å². The molecular weight excluding hydrogens is 326 g/mol. The second kappa shape index (κ2) is 6.32. The van der Waals surface area contributed by atoms with E-state index in [-0.39, 0.29) is 4.32 Å². The third-order valence-corrected chi connectivity index (χ3v) is 4.41. The average molecular weight is 339 g/mol. The summed E-state index contributed by atoms with van der Waals surface area (Å²) in [5.74, 6) is -2.67. The molecule has 116 valence electrons. The zero-order chi connectivity index (χ0) is 16.4. The number of carbonyl (C=O) groups excluding carboxylic acids is 2. The molecule has 1 aliphatic rings. The largest absolute Gasteiger partial charge is 0.480 e. The fourth-order valence-electron chi connectivity index (χ4n) is 1.99. The van der Waals surface area contributed by atoms with E-state index >= 15 is 0 Å². The fraction of sp³-hybridized carbons (Fsp3) is 0.231. The average Bonchev–Trinajstić information content (AvgIpc) is 2.93. The van der Waals surface area contributed by atoms with Crippen LogP contribution in [0.1, 0.15) is 12.1 Å². The summed E-state index contributed by atoms with van der Waals surface area (Å²) in [6.45, 7) is 0. The number of aliphatic carboxylic acids is 1. The van der Waals surface area contributed by atoms with Crippen molar-refractivity contribution in [1.82, 2.24) is 9.47 Å². The summed E-state index contributed by atoms with van der Waals surface area (Å²) >= 11 is 6.08. The van der Waals surface area contributed by atoms with Crippen LogP contribution < -0.4 is 5.73 Å².